The molecule has 0 aromatic heterocycles. The summed E-state index contributed by atoms with van der Waals surface area (Å²) in [5.74, 6) is 2.44. The van der Waals surface area contributed by atoms with Crippen LogP contribution in [0.25, 0.3) is 0 Å². The third-order valence-electron chi connectivity index (χ3n) is 5.58. The van der Waals surface area contributed by atoms with E-state index in [-0.39, 0.29) is 0 Å². The van der Waals surface area contributed by atoms with E-state index in [2.05, 4.69) is 35.6 Å². The van der Waals surface area contributed by atoms with Crippen LogP contribution in [0.2, 0.25) is 0 Å². The van der Waals surface area contributed by atoms with Crippen molar-refractivity contribution in [3.63, 3.8) is 0 Å². The van der Waals surface area contributed by atoms with Gasteiger partial charge in [0.2, 0.25) is 6.41 Å². The highest BCUT2D eigenvalue weighted by molar-refractivity contribution is 5.46. The Morgan fingerprint density at radius 3 is 2.35 bits per heavy atom. The summed E-state index contributed by atoms with van der Waals surface area (Å²) in [6.07, 6.45) is 4.29. The van der Waals surface area contributed by atoms with Crippen molar-refractivity contribution in [2.75, 3.05) is 47.6 Å². The second-order valence-electron chi connectivity index (χ2n) is 8.76. The zero-order chi connectivity index (χ0) is 25.2. The largest absolute Gasteiger partial charge is 0.493 e. The number of nitrogens with one attached hydrogen (secondary N) is 1. The molecule has 1 aliphatic heterocycles. The lowest BCUT2D eigenvalue weighted by molar-refractivity contribution is -0.118. The zero-order valence-electron chi connectivity index (χ0n) is 21.9. The highest BCUT2D eigenvalue weighted by Crippen LogP contribution is 2.27. The van der Waals surface area contributed by atoms with Crippen LogP contribution in [0, 0.1) is 12.8 Å². The van der Waals surface area contributed by atoms with Crippen LogP contribution in [0.5, 0.6) is 11.5 Å². The molecule has 1 N–H and O–H groups in total. The van der Waals surface area contributed by atoms with Gasteiger partial charge in [0.25, 0.3) is 0 Å². The van der Waals surface area contributed by atoms with Crippen LogP contribution in [0.3, 0.4) is 0 Å². The zero-order valence-corrected chi connectivity index (χ0v) is 21.9. The topological polar surface area (TPSA) is 60.0 Å². The molecule has 0 bridgehead atoms. The fourth-order valence-corrected chi connectivity index (χ4v) is 3.24. The maximum Gasteiger partial charge on any atom is 0.209 e. The highest BCUT2D eigenvalue weighted by Gasteiger charge is 2.14. The van der Waals surface area contributed by atoms with Gasteiger partial charge in [-0.05, 0) is 75.9 Å². The fraction of sp³-hybridized carbons (Fsp3) is 0.536. The molecule has 34 heavy (non-hydrogen) atoms. The molecular weight excluding hydrogens is 428 g/mol. The smallest absolute Gasteiger partial charge is 0.209 e. The van der Waals surface area contributed by atoms with Gasteiger partial charge in [0.05, 0.1) is 13.7 Å². The number of nitrogens with zero attached hydrogens (tertiary/aromatic N) is 1. The van der Waals surface area contributed by atoms with E-state index in [1.165, 1.54) is 31.5 Å². The molecule has 6 heteroatoms. The van der Waals surface area contributed by atoms with Gasteiger partial charge in [0.15, 0.2) is 11.5 Å². The number of carbonyl (C=O) groups excluding carboxylic acids is 1. The molecule has 1 atom stereocenters. The molecule has 0 aliphatic carbocycles. The van der Waals surface area contributed by atoms with Crippen molar-refractivity contribution in [3.8, 4) is 11.5 Å². The molecule has 0 radical (unpaired) electrons. The van der Waals surface area contributed by atoms with Gasteiger partial charge in [-0.3, -0.25) is 4.79 Å². The Balaban J connectivity index is 0.000000272. The first kappa shape index (κ1) is 29.5. The Labute approximate surface area is 206 Å². The quantitative estimate of drug-likeness (QED) is 0.400. The molecule has 1 aliphatic rings. The Morgan fingerprint density at radius 1 is 1.09 bits per heavy atom. The highest BCUT2D eigenvalue weighted by atomic mass is 16.5. The van der Waals surface area contributed by atoms with E-state index in [1.54, 1.807) is 26.2 Å². The molecule has 1 fully saturated rings. The van der Waals surface area contributed by atoms with E-state index in [0.29, 0.717) is 19.3 Å². The number of hydrogen-bond acceptors (Lipinski definition) is 5. The van der Waals surface area contributed by atoms with E-state index < -0.39 is 0 Å². The molecule has 1 saturated heterocycles. The Bertz CT molecular complexity index is 777. The van der Waals surface area contributed by atoms with Crippen LogP contribution in [-0.2, 0) is 16.0 Å². The third kappa shape index (κ3) is 12.6. The van der Waals surface area contributed by atoms with Gasteiger partial charge < -0.3 is 24.4 Å². The van der Waals surface area contributed by atoms with Crippen LogP contribution < -0.4 is 14.8 Å². The number of hydrogen-bond donors (Lipinski definition) is 1. The summed E-state index contributed by atoms with van der Waals surface area (Å²) in [6.45, 7) is 9.73. The summed E-state index contributed by atoms with van der Waals surface area (Å²) in [5, 5.41) is 3.39. The van der Waals surface area contributed by atoms with Gasteiger partial charge >= 0.3 is 0 Å². The minimum absolute atomic E-state index is 0.331. The molecule has 2 aromatic rings. The summed E-state index contributed by atoms with van der Waals surface area (Å²) in [6, 6.07) is 17.0. The van der Waals surface area contributed by atoms with Crippen molar-refractivity contribution in [2.24, 2.45) is 5.92 Å². The first-order chi connectivity index (χ1) is 16.4. The predicted molar refractivity (Wildman–Crippen MR) is 140 cm³/mol. The summed E-state index contributed by atoms with van der Waals surface area (Å²) in [4.78, 5) is 11.5. The van der Waals surface area contributed by atoms with Crippen LogP contribution in [0.4, 0.5) is 0 Å². The maximum absolute atomic E-state index is 9.87. The fourth-order valence-electron chi connectivity index (χ4n) is 3.24. The molecule has 2 aromatic carbocycles. The average Bonchev–Trinajstić information content (AvgIpc) is 3.36. The average molecular weight is 473 g/mol. The minimum atomic E-state index is 0.331. The molecule has 3 rings (SSSR count). The molecule has 6 nitrogen and oxygen atoms in total. The summed E-state index contributed by atoms with van der Waals surface area (Å²) >= 11 is 0. The summed E-state index contributed by atoms with van der Waals surface area (Å²) in [5.41, 5.74) is 2.64. The first-order valence-electron chi connectivity index (χ1n) is 12.1. The molecule has 1 unspecified atom stereocenters. The van der Waals surface area contributed by atoms with Crippen molar-refractivity contribution >= 4 is 6.41 Å². The van der Waals surface area contributed by atoms with Crippen molar-refractivity contribution in [1.82, 2.24) is 10.2 Å². The maximum atomic E-state index is 9.87. The van der Waals surface area contributed by atoms with Gasteiger partial charge in [-0.25, -0.2) is 0 Å². The van der Waals surface area contributed by atoms with E-state index in [9.17, 15) is 4.79 Å². The van der Waals surface area contributed by atoms with Crippen LogP contribution in [0.15, 0.2) is 48.5 Å². The number of methoxy groups -OCH3 is 2. The predicted octanol–water partition coefficient (Wildman–Crippen LogP) is 4.74. The minimum Gasteiger partial charge on any atom is -0.493 e. The van der Waals surface area contributed by atoms with E-state index in [4.69, 9.17) is 14.2 Å². The van der Waals surface area contributed by atoms with Gasteiger partial charge in [0.1, 0.15) is 0 Å². The van der Waals surface area contributed by atoms with Crippen LogP contribution >= 0.6 is 0 Å². The lowest BCUT2D eigenvalue weighted by Crippen LogP contribution is -2.23. The number of amides is 1. The Hall–Kier alpha value is -2.57. The van der Waals surface area contributed by atoms with Gasteiger partial charge in [-0.1, -0.05) is 36.4 Å². The standard InChI is InChI=1S/C12H18O3.C11H15N.C5H11NO/c1-10-5-6-11(14-3)12(9-10)15-8-4-7-13-2;1-2-4-10(5-3-1)8-11-6-7-12-9-11;1-5(2)6(3)4-7/h5-6,9H,4,7-8H2,1-3H3;1-5,11-12H,6-9H2;4-5H,1-3H3. The molecule has 190 valence electrons. The normalized spacial score (nSPS) is 14.4. The van der Waals surface area contributed by atoms with Crippen LogP contribution in [0.1, 0.15) is 37.8 Å². The van der Waals surface area contributed by atoms with Crippen molar-refractivity contribution < 1.29 is 19.0 Å². The van der Waals surface area contributed by atoms with E-state index in [0.717, 1.165) is 35.8 Å². The van der Waals surface area contributed by atoms with Crippen molar-refractivity contribution in [1.29, 1.82) is 0 Å². The third-order valence-corrected chi connectivity index (χ3v) is 5.58. The van der Waals surface area contributed by atoms with Gasteiger partial charge in [0, 0.05) is 33.2 Å². The van der Waals surface area contributed by atoms with E-state index >= 15 is 0 Å². The molecule has 1 heterocycles. The Kier molecular flexibility index (Phi) is 15.5. The Morgan fingerprint density at radius 2 is 1.82 bits per heavy atom. The number of rotatable bonds is 10. The summed E-state index contributed by atoms with van der Waals surface area (Å²) in [7, 11) is 5.09. The summed E-state index contributed by atoms with van der Waals surface area (Å²) < 4.78 is 15.8. The number of aryl methyl sites for hydroxylation is 1. The second-order valence-corrected chi connectivity index (χ2v) is 8.76. The van der Waals surface area contributed by atoms with Crippen molar-refractivity contribution in [3.05, 3.63) is 59.7 Å². The van der Waals surface area contributed by atoms with Crippen molar-refractivity contribution in [2.45, 2.75) is 46.1 Å². The molecule has 0 saturated carbocycles. The number of carbonyl (C=O) groups is 1. The molecule has 0 spiro atoms. The van der Waals surface area contributed by atoms with Gasteiger partial charge in [-0.15, -0.1) is 0 Å². The van der Waals surface area contributed by atoms with E-state index in [1.807, 2.05) is 39.0 Å². The lowest BCUT2D eigenvalue weighted by atomic mass is 9.99. The second kappa shape index (κ2) is 17.8. The number of benzene rings is 2. The lowest BCUT2D eigenvalue weighted by Gasteiger charge is -2.13. The molecule has 1 amide bonds. The molecular formula is C28H44N2O4. The van der Waals surface area contributed by atoms with Gasteiger partial charge in [-0.2, -0.15) is 0 Å². The first-order valence-corrected chi connectivity index (χ1v) is 12.1. The SMILES string of the molecule is CC(C)N(C)C=O.COCCCOc1cc(C)ccc1OC.c1ccc(CC2CCNC2)cc1. The van der Waals surface area contributed by atoms with Crippen LogP contribution in [-0.4, -0.2) is 64.9 Å². The number of ether oxygens (including phenoxy) is 3. The monoisotopic (exact) mass is 472 g/mol.